The number of esters is 1. The van der Waals surface area contributed by atoms with Crippen molar-refractivity contribution in [3.63, 3.8) is 0 Å². The van der Waals surface area contributed by atoms with Crippen LogP contribution in [0.3, 0.4) is 0 Å². The minimum Gasteiger partial charge on any atom is -0.480 e. The van der Waals surface area contributed by atoms with Gasteiger partial charge in [-0.25, -0.2) is 4.79 Å². The van der Waals surface area contributed by atoms with E-state index in [0.717, 1.165) is 4.90 Å². The number of urea groups is 1. The molecule has 0 aliphatic carbocycles. The molecule has 0 spiro atoms. The Balaban J connectivity index is 2.64. The fraction of sp³-hybridized carbons (Fsp3) is 0.615. The SMILES string of the molecule is C#CCN(CC(=O)O)C(=O)N1CCOC(CC(=O)OC)C1. The van der Waals surface area contributed by atoms with Gasteiger partial charge in [-0.05, 0) is 0 Å². The van der Waals surface area contributed by atoms with E-state index in [1.807, 2.05) is 0 Å². The third-order valence-electron chi connectivity index (χ3n) is 2.91. The standard InChI is InChI=1S/C13H18N2O6/c1-3-4-14(9-11(16)17)13(19)15-5-6-21-10(8-15)7-12(18)20-2/h1,10H,4-9H2,2H3,(H,16,17). The van der Waals surface area contributed by atoms with Gasteiger partial charge < -0.3 is 24.4 Å². The molecular weight excluding hydrogens is 280 g/mol. The molecular formula is C13H18N2O6. The van der Waals surface area contributed by atoms with Crippen molar-refractivity contribution < 1.29 is 29.0 Å². The Morgan fingerprint density at radius 3 is 2.81 bits per heavy atom. The van der Waals surface area contributed by atoms with Gasteiger partial charge in [0.1, 0.15) is 6.54 Å². The number of morpholine rings is 1. The number of hydrogen-bond donors (Lipinski definition) is 1. The highest BCUT2D eigenvalue weighted by Crippen LogP contribution is 2.11. The molecule has 0 aromatic carbocycles. The molecule has 116 valence electrons. The van der Waals surface area contributed by atoms with E-state index in [1.165, 1.54) is 12.0 Å². The number of nitrogens with zero attached hydrogens (tertiary/aromatic N) is 2. The summed E-state index contributed by atoms with van der Waals surface area (Å²) in [4.78, 5) is 36.7. The van der Waals surface area contributed by atoms with E-state index in [0.29, 0.717) is 6.54 Å². The van der Waals surface area contributed by atoms with Crippen LogP contribution in [0.15, 0.2) is 0 Å². The van der Waals surface area contributed by atoms with Gasteiger partial charge >= 0.3 is 18.0 Å². The minimum absolute atomic E-state index is 0.0361. The summed E-state index contributed by atoms with van der Waals surface area (Å²) >= 11 is 0. The molecule has 1 heterocycles. The van der Waals surface area contributed by atoms with Gasteiger partial charge in [-0.3, -0.25) is 9.59 Å². The van der Waals surface area contributed by atoms with Crippen molar-refractivity contribution in [1.82, 2.24) is 9.80 Å². The van der Waals surface area contributed by atoms with Gasteiger partial charge in [-0.15, -0.1) is 6.42 Å². The van der Waals surface area contributed by atoms with Crippen LogP contribution >= 0.6 is 0 Å². The number of amides is 2. The van der Waals surface area contributed by atoms with Gasteiger partial charge in [0, 0.05) is 13.1 Å². The quantitative estimate of drug-likeness (QED) is 0.537. The number of methoxy groups -OCH3 is 1. The second-order valence-electron chi connectivity index (χ2n) is 4.46. The molecule has 1 unspecified atom stereocenters. The van der Waals surface area contributed by atoms with Crippen LogP contribution in [0.2, 0.25) is 0 Å². The van der Waals surface area contributed by atoms with Crippen LogP contribution in [0.4, 0.5) is 4.79 Å². The second-order valence-corrected chi connectivity index (χ2v) is 4.46. The molecule has 21 heavy (non-hydrogen) atoms. The first kappa shape index (κ1) is 16.8. The van der Waals surface area contributed by atoms with E-state index in [-0.39, 0.29) is 26.1 Å². The first-order valence-electron chi connectivity index (χ1n) is 6.35. The normalized spacial score (nSPS) is 17.7. The lowest BCUT2D eigenvalue weighted by molar-refractivity contribution is -0.145. The summed E-state index contributed by atoms with van der Waals surface area (Å²) in [5.74, 6) is 0.684. The van der Waals surface area contributed by atoms with E-state index in [1.54, 1.807) is 0 Å². The Morgan fingerprint density at radius 1 is 1.52 bits per heavy atom. The molecule has 0 bridgehead atoms. The number of hydrogen-bond acceptors (Lipinski definition) is 5. The van der Waals surface area contributed by atoms with Crippen molar-refractivity contribution in [3.8, 4) is 12.3 Å². The van der Waals surface area contributed by atoms with Gasteiger partial charge in [-0.1, -0.05) is 5.92 Å². The van der Waals surface area contributed by atoms with E-state index in [4.69, 9.17) is 16.3 Å². The fourth-order valence-corrected chi connectivity index (χ4v) is 1.95. The number of carboxylic acids is 1. The zero-order valence-corrected chi connectivity index (χ0v) is 11.8. The Hall–Kier alpha value is -2.27. The molecule has 2 amide bonds. The zero-order valence-electron chi connectivity index (χ0n) is 11.8. The highest BCUT2D eigenvalue weighted by Gasteiger charge is 2.29. The third-order valence-corrected chi connectivity index (χ3v) is 2.91. The molecule has 0 aromatic rings. The zero-order chi connectivity index (χ0) is 15.8. The maximum absolute atomic E-state index is 12.2. The number of carbonyl (C=O) groups is 3. The number of rotatable bonds is 5. The number of ether oxygens (including phenoxy) is 2. The predicted octanol–water partition coefficient (Wildman–Crippen LogP) is -0.610. The Labute approximate surface area is 122 Å². The summed E-state index contributed by atoms with van der Waals surface area (Å²) in [5.41, 5.74) is 0. The lowest BCUT2D eigenvalue weighted by Crippen LogP contribution is -2.52. The van der Waals surface area contributed by atoms with Gasteiger partial charge in [0.2, 0.25) is 0 Å². The number of carbonyl (C=O) groups excluding carboxylic acids is 2. The topological polar surface area (TPSA) is 96.4 Å². The molecule has 0 saturated carbocycles. The van der Waals surface area contributed by atoms with E-state index >= 15 is 0 Å². The van der Waals surface area contributed by atoms with Crippen molar-refractivity contribution in [3.05, 3.63) is 0 Å². The summed E-state index contributed by atoms with van der Waals surface area (Å²) < 4.78 is 9.93. The van der Waals surface area contributed by atoms with Crippen molar-refractivity contribution >= 4 is 18.0 Å². The molecule has 1 saturated heterocycles. The van der Waals surface area contributed by atoms with Gasteiger partial charge in [-0.2, -0.15) is 0 Å². The Bertz CT molecular complexity index is 444. The second kappa shape index (κ2) is 8.11. The lowest BCUT2D eigenvalue weighted by Gasteiger charge is -2.35. The van der Waals surface area contributed by atoms with E-state index in [9.17, 15) is 14.4 Å². The van der Waals surface area contributed by atoms with Crippen LogP contribution in [0.1, 0.15) is 6.42 Å². The Kier molecular flexibility index (Phi) is 6.49. The lowest BCUT2D eigenvalue weighted by atomic mass is 10.2. The van der Waals surface area contributed by atoms with Gasteiger partial charge in [0.25, 0.3) is 0 Å². The molecule has 8 nitrogen and oxygen atoms in total. The highest BCUT2D eigenvalue weighted by atomic mass is 16.5. The highest BCUT2D eigenvalue weighted by molar-refractivity contribution is 5.80. The largest absolute Gasteiger partial charge is 0.480 e. The Morgan fingerprint density at radius 2 is 2.24 bits per heavy atom. The van der Waals surface area contributed by atoms with E-state index in [2.05, 4.69) is 10.7 Å². The van der Waals surface area contributed by atoms with Crippen molar-refractivity contribution in [2.24, 2.45) is 0 Å². The molecule has 0 radical (unpaired) electrons. The number of terminal acetylenes is 1. The van der Waals surface area contributed by atoms with Crippen LogP contribution in [0, 0.1) is 12.3 Å². The molecule has 0 aromatic heterocycles. The van der Waals surface area contributed by atoms with Crippen LogP contribution in [-0.2, 0) is 19.1 Å². The van der Waals surface area contributed by atoms with Crippen LogP contribution in [0.25, 0.3) is 0 Å². The summed E-state index contributed by atoms with van der Waals surface area (Å²) in [7, 11) is 1.27. The third kappa shape index (κ3) is 5.31. The average Bonchev–Trinajstić information content (AvgIpc) is 2.45. The molecule has 1 aliphatic rings. The first-order chi connectivity index (χ1) is 9.97. The van der Waals surface area contributed by atoms with Crippen molar-refractivity contribution in [2.45, 2.75) is 12.5 Å². The van der Waals surface area contributed by atoms with E-state index < -0.39 is 30.6 Å². The van der Waals surface area contributed by atoms with Crippen LogP contribution in [0.5, 0.6) is 0 Å². The van der Waals surface area contributed by atoms with Crippen LogP contribution in [-0.4, -0.2) is 78.9 Å². The molecule has 8 heteroatoms. The van der Waals surface area contributed by atoms with Gasteiger partial charge in [0.15, 0.2) is 0 Å². The molecule has 1 rings (SSSR count). The predicted molar refractivity (Wildman–Crippen MR) is 71.4 cm³/mol. The number of aliphatic carboxylic acids is 1. The molecule has 1 fully saturated rings. The van der Waals surface area contributed by atoms with Gasteiger partial charge in [0.05, 0.1) is 32.8 Å². The van der Waals surface area contributed by atoms with Crippen molar-refractivity contribution in [1.29, 1.82) is 0 Å². The smallest absolute Gasteiger partial charge is 0.323 e. The summed E-state index contributed by atoms with van der Waals surface area (Å²) in [6, 6.07) is -0.478. The number of carboxylic acid groups (broad SMARTS) is 1. The minimum atomic E-state index is -1.14. The summed E-state index contributed by atoms with van der Waals surface area (Å²) in [6.45, 7) is 0.211. The maximum atomic E-state index is 12.2. The maximum Gasteiger partial charge on any atom is 0.323 e. The molecule has 1 N–H and O–H groups in total. The molecule has 1 atom stereocenters. The van der Waals surface area contributed by atoms with Crippen LogP contribution < -0.4 is 0 Å². The first-order valence-corrected chi connectivity index (χ1v) is 6.35. The monoisotopic (exact) mass is 298 g/mol. The summed E-state index contributed by atoms with van der Waals surface area (Å²) in [5, 5.41) is 8.79. The average molecular weight is 298 g/mol. The van der Waals surface area contributed by atoms with Crippen molar-refractivity contribution in [2.75, 3.05) is 39.9 Å². The summed E-state index contributed by atoms with van der Waals surface area (Å²) in [6.07, 6.45) is 4.71. The molecule has 1 aliphatic heterocycles. The fourth-order valence-electron chi connectivity index (χ4n) is 1.95.